The van der Waals surface area contributed by atoms with Crippen LogP contribution in [0.1, 0.15) is 22.8 Å². The number of fused-ring (bicyclic) bond motifs is 9. The van der Waals surface area contributed by atoms with Gasteiger partial charge in [-0.3, -0.25) is 24.1 Å². The van der Waals surface area contributed by atoms with Crippen molar-refractivity contribution in [2.24, 2.45) is 29.6 Å². The summed E-state index contributed by atoms with van der Waals surface area (Å²) in [5.41, 5.74) is 3.34. The van der Waals surface area contributed by atoms with Crippen LogP contribution < -0.4 is 4.87 Å². The van der Waals surface area contributed by atoms with Gasteiger partial charge < -0.3 is 10.1 Å². The van der Waals surface area contributed by atoms with Crippen LogP contribution in [0.3, 0.4) is 0 Å². The Labute approximate surface area is 214 Å². The molecule has 3 heterocycles. The Morgan fingerprint density at radius 2 is 1.61 bits per heavy atom. The second-order valence-electron chi connectivity index (χ2n) is 10.1. The van der Waals surface area contributed by atoms with Crippen molar-refractivity contribution in [2.75, 3.05) is 6.54 Å². The first-order valence-electron chi connectivity index (χ1n) is 12.0. The van der Waals surface area contributed by atoms with Gasteiger partial charge in [0, 0.05) is 16.0 Å². The van der Waals surface area contributed by atoms with E-state index in [1.165, 1.54) is 11.3 Å². The number of likely N-dealkylation sites (tertiary alicyclic amines) is 1. The molecule has 2 aliphatic heterocycles. The van der Waals surface area contributed by atoms with Gasteiger partial charge in [-0.1, -0.05) is 65.9 Å². The number of aromatic amines is 1. The van der Waals surface area contributed by atoms with Crippen molar-refractivity contribution >= 4 is 40.9 Å². The maximum Gasteiger partial charge on any atom is 0.323 e. The van der Waals surface area contributed by atoms with Gasteiger partial charge in [0.15, 0.2) is 0 Å². The standard InChI is InChI=1S/C27H22N2O5S2/c30-17(31)11-29-25(32)20-15-10-16(21(20)26(29)33)22-19(15)18(23-24(35-22)28-27(34)36-23)14-8-6-13(7-9-14)12-4-2-1-3-5-12/h1-9,15-16,18-22H,10-11H2,(H,28,34)(H,30,31)/t15-,16-,18+,19-,20+,21-,22+/m1/s1. The maximum absolute atomic E-state index is 13.3. The van der Waals surface area contributed by atoms with Crippen LogP contribution in [0.4, 0.5) is 0 Å². The van der Waals surface area contributed by atoms with Gasteiger partial charge >= 0.3 is 10.8 Å². The summed E-state index contributed by atoms with van der Waals surface area (Å²) < 4.78 is 0. The predicted octanol–water partition coefficient (Wildman–Crippen LogP) is 3.66. The molecule has 7 nitrogen and oxygen atoms in total. The van der Waals surface area contributed by atoms with Crippen molar-refractivity contribution < 1.29 is 19.5 Å². The Bertz CT molecular complexity index is 1460. The number of hydrogen-bond donors (Lipinski definition) is 2. The Morgan fingerprint density at radius 1 is 0.944 bits per heavy atom. The number of rotatable bonds is 4. The van der Waals surface area contributed by atoms with Crippen LogP contribution in [0.25, 0.3) is 11.1 Å². The number of aromatic nitrogens is 1. The number of carboxylic acids is 1. The number of nitrogens with one attached hydrogen (secondary N) is 1. The molecule has 0 spiro atoms. The first-order chi connectivity index (χ1) is 17.4. The zero-order chi connectivity index (χ0) is 24.7. The van der Waals surface area contributed by atoms with Gasteiger partial charge in [-0.25, -0.2) is 0 Å². The minimum atomic E-state index is -1.17. The van der Waals surface area contributed by atoms with E-state index in [0.717, 1.165) is 37.9 Å². The number of amides is 2. The number of thioether (sulfide) groups is 1. The number of nitrogens with zero attached hydrogens (tertiary/aromatic N) is 1. The molecule has 2 saturated carbocycles. The third-order valence-electron chi connectivity index (χ3n) is 8.49. The summed E-state index contributed by atoms with van der Waals surface area (Å²) in [5, 5.41) is 10.2. The fraction of sp³-hybridized carbons (Fsp3) is 0.333. The lowest BCUT2D eigenvalue weighted by Gasteiger charge is -2.43. The van der Waals surface area contributed by atoms with Crippen LogP contribution in [0, 0.1) is 29.6 Å². The lowest BCUT2D eigenvalue weighted by atomic mass is 9.68. The molecule has 7 rings (SSSR count). The highest BCUT2D eigenvalue weighted by Gasteiger charge is 2.69. The molecular formula is C27H22N2O5S2. The zero-order valence-corrected chi connectivity index (χ0v) is 20.6. The van der Waals surface area contributed by atoms with Gasteiger partial charge in [-0.05, 0) is 40.9 Å². The van der Waals surface area contributed by atoms with Crippen molar-refractivity contribution in [1.29, 1.82) is 0 Å². The number of imide groups is 1. The summed E-state index contributed by atoms with van der Waals surface area (Å²) in [6, 6.07) is 18.6. The van der Waals surface area contributed by atoms with Gasteiger partial charge in [0.05, 0.1) is 16.9 Å². The number of carboxylic acid groups (broad SMARTS) is 1. The molecular weight excluding hydrogens is 496 g/mol. The summed E-state index contributed by atoms with van der Waals surface area (Å²) in [6.45, 7) is -0.572. The third kappa shape index (κ3) is 3.05. The second-order valence-corrected chi connectivity index (χ2v) is 12.3. The molecule has 3 aromatic rings. The molecule has 3 fully saturated rings. The molecule has 2 aliphatic carbocycles. The van der Waals surface area contributed by atoms with Crippen molar-refractivity contribution in [3.05, 3.63) is 74.7 Å². The average molecular weight is 519 g/mol. The molecule has 0 radical (unpaired) electrons. The number of aliphatic carboxylic acids is 1. The molecule has 7 atom stereocenters. The van der Waals surface area contributed by atoms with Crippen molar-refractivity contribution in [2.45, 2.75) is 22.6 Å². The lowest BCUT2D eigenvalue weighted by Crippen LogP contribution is -2.42. The van der Waals surface area contributed by atoms with E-state index in [4.69, 9.17) is 0 Å². The van der Waals surface area contributed by atoms with E-state index in [1.807, 2.05) is 18.2 Å². The SMILES string of the molecule is O=C(O)CN1C(=O)[C@@H]2[C@H]3C[C@@H]([C@@H]2C1=O)[C@@H]1[C@H](c2ccc(-c4ccccc4)cc2)c2sc(=O)[nH]c2S[C@@H]31. The lowest BCUT2D eigenvalue weighted by molar-refractivity contribution is -0.149. The average Bonchev–Trinajstić information content (AvgIpc) is 3.60. The smallest absolute Gasteiger partial charge is 0.323 e. The minimum absolute atomic E-state index is 0.00658. The van der Waals surface area contributed by atoms with Crippen LogP contribution in [-0.2, 0) is 14.4 Å². The van der Waals surface area contributed by atoms with Gasteiger partial charge in [-0.2, -0.15) is 0 Å². The van der Waals surface area contributed by atoms with E-state index in [9.17, 15) is 24.3 Å². The number of carbonyl (C=O) groups is 3. The molecule has 1 saturated heterocycles. The molecule has 2 aromatic carbocycles. The third-order valence-corrected chi connectivity index (χ3v) is 11.1. The zero-order valence-electron chi connectivity index (χ0n) is 19.0. The summed E-state index contributed by atoms with van der Waals surface area (Å²) in [5.74, 6) is -2.74. The topological polar surface area (TPSA) is 108 Å². The molecule has 2 N–H and O–H groups in total. The van der Waals surface area contributed by atoms with E-state index in [0.29, 0.717) is 0 Å². The second kappa shape index (κ2) is 7.91. The Hall–Kier alpha value is -3.17. The largest absolute Gasteiger partial charge is 0.480 e. The number of hydrogen-bond acceptors (Lipinski definition) is 6. The number of carbonyl (C=O) groups excluding carboxylic acids is 2. The summed E-state index contributed by atoms with van der Waals surface area (Å²) in [4.78, 5) is 55.0. The van der Waals surface area contributed by atoms with E-state index < -0.39 is 24.3 Å². The van der Waals surface area contributed by atoms with E-state index >= 15 is 0 Å². The molecule has 182 valence electrons. The molecule has 0 unspecified atom stereocenters. The number of benzene rings is 2. The number of H-pyrrole nitrogens is 1. The predicted molar refractivity (Wildman–Crippen MR) is 135 cm³/mol. The monoisotopic (exact) mass is 518 g/mol. The van der Waals surface area contributed by atoms with Gasteiger partial charge in [0.2, 0.25) is 11.8 Å². The fourth-order valence-corrected chi connectivity index (χ4v) is 10.1. The van der Waals surface area contributed by atoms with E-state index in [2.05, 4.69) is 41.4 Å². The Kier molecular flexibility index (Phi) is 4.85. The summed E-state index contributed by atoms with van der Waals surface area (Å²) in [6.07, 6.45) is 0.786. The van der Waals surface area contributed by atoms with Crippen molar-refractivity contribution in [3.63, 3.8) is 0 Å². The van der Waals surface area contributed by atoms with Crippen molar-refractivity contribution in [1.82, 2.24) is 9.88 Å². The van der Waals surface area contributed by atoms with Gasteiger partial charge in [-0.15, -0.1) is 11.8 Å². The first-order valence-corrected chi connectivity index (χ1v) is 13.7. The maximum atomic E-state index is 13.3. The molecule has 2 amide bonds. The van der Waals surface area contributed by atoms with Gasteiger partial charge in [0.25, 0.3) is 0 Å². The van der Waals surface area contributed by atoms with E-state index in [1.54, 1.807) is 11.8 Å². The van der Waals surface area contributed by atoms with E-state index in [-0.39, 0.29) is 45.6 Å². The van der Waals surface area contributed by atoms with Crippen LogP contribution in [-0.4, -0.2) is 44.6 Å². The molecule has 2 bridgehead atoms. The van der Waals surface area contributed by atoms with Crippen LogP contribution >= 0.6 is 23.1 Å². The summed E-state index contributed by atoms with van der Waals surface area (Å²) in [7, 11) is 0. The van der Waals surface area contributed by atoms with Gasteiger partial charge in [0.1, 0.15) is 6.54 Å². The Balaban J connectivity index is 1.29. The molecule has 4 aliphatic rings. The molecule has 36 heavy (non-hydrogen) atoms. The summed E-state index contributed by atoms with van der Waals surface area (Å²) >= 11 is 2.87. The number of thiazole rings is 1. The Morgan fingerprint density at radius 3 is 2.31 bits per heavy atom. The highest BCUT2D eigenvalue weighted by atomic mass is 32.2. The normalized spacial score (nSPS) is 31.9. The van der Waals surface area contributed by atoms with Crippen LogP contribution in [0.2, 0.25) is 0 Å². The first kappa shape index (κ1) is 22.1. The van der Waals surface area contributed by atoms with Crippen LogP contribution in [0.15, 0.2) is 64.4 Å². The fourth-order valence-electron chi connectivity index (χ4n) is 7.26. The highest BCUT2D eigenvalue weighted by molar-refractivity contribution is 8.00. The van der Waals surface area contributed by atoms with Crippen molar-refractivity contribution in [3.8, 4) is 11.1 Å². The minimum Gasteiger partial charge on any atom is -0.480 e. The van der Waals surface area contributed by atoms with Crippen LogP contribution in [0.5, 0.6) is 0 Å². The molecule has 1 aromatic heterocycles. The quantitative estimate of drug-likeness (QED) is 0.511. The highest BCUT2D eigenvalue weighted by Crippen LogP contribution is 2.68. The molecule has 9 heteroatoms.